The average Bonchev–Trinajstić information content (AvgIpc) is 2.80. The number of nitrogens with two attached hydrogens (primary N) is 1. The summed E-state index contributed by atoms with van der Waals surface area (Å²) >= 11 is 0. The highest BCUT2D eigenvalue weighted by Gasteiger charge is 2.21. The predicted octanol–water partition coefficient (Wildman–Crippen LogP) is 2.55. The summed E-state index contributed by atoms with van der Waals surface area (Å²) in [6, 6.07) is 7.94. The monoisotopic (exact) mass is 260 g/mol. The molecule has 0 radical (unpaired) electrons. The molecule has 0 amide bonds. The van der Waals surface area contributed by atoms with Gasteiger partial charge in [0, 0.05) is 0 Å². The van der Waals surface area contributed by atoms with Gasteiger partial charge in [-0.05, 0) is 24.5 Å². The van der Waals surface area contributed by atoms with E-state index >= 15 is 0 Å². The number of hydrogen-bond donors (Lipinski definition) is 1. The van der Waals surface area contributed by atoms with Crippen molar-refractivity contribution in [3.63, 3.8) is 0 Å². The van der Waals surface area contributed by atoms with E-state index in [1.54, 1.807) is 0 Å². The highest BCUT2D eigenvalue weighted by atomic mass is 16.6. The molecule has 0 spiro atoms. The van der Waals surface area contributed by atoms with Crippen molar-refractivity contribution >= 4 is 11.5 Å². The van der Waals surface area contributed by atoms with Crippen LogP contribution in [0.3, 0.4) is 0 Å². The van der Waals surface area contributed by atoms with Gasteiger partial charge in [-0.15, -0.1) is 0 Å². The molecule has 1 atom stereocenters. The highest BCUT2D eigenvalue weighted by Crippen LogP contribution is 2.27. The maximum absolute atomic E-state index is 10.7. The van der Waals surface area contributed by atoms with Crippen molar-refractivity contribution in [2.45, 2.75) is 26.3 Å². The average molecular weight is 260 g/mol. The van der Waals surface area contributed by atoms with Crippen molar-refractivity contribution in [1.82, 2.24) is 9.78 Å². The molecule has 0 aliphatic rings. The van der Waals surface area contributed by atoms with Crippen molar-refractivity contribution in [1.29, 1.82) is 0 Å². The van der Waals surface area contributed by atoms with Crippen LogP contribution in [0.15, 0.2) is 30.5 Å². The van der Waals surface area contributed by atoms with Crippen LogP contribution in [0.5, 0.6) is 0 Å². The van der Waals surface area contributed by atoms with Gasteiger partial charge >= 0.3 is 5.69 Å². The van der Waals surface area contributed by atoms with E-state index < -0.39 is 4.92 Å². The van der Waals surface area contributed by atoms with E-state index in [1.807, 2.05) is 31.2 Å². The summed E-state index contributed by atoms with van der Waals surface area (Å²) in [5, 5.41) is 14.8. The minimum absolute atomic E-state index is 0.0806. The summed E-state index contributed by atoms with van der Waals surface area (Å²) in [6.07, 6.45) is 2.16. The summed E-state index contributed by atoms with van der Waals surface area (Å²) in [5.41, 5.74) is 7.86. The number of aryl methyl sites for hydroxylation is 1. The van der Waals surface area contributed by atoms with Gasteiger partial charge in [0.05, 0.1) is 11.0 Å². The first kappa shape index (κ1) is 13.1. The molecule has 19 heavy (non-hydrogen) atoms. The van der Waals surface area contributed by atoms with Gasteiger partial charge in [0.1, 0.15) is 6.20 Å². The Labute approximate surface area is 111 Å². The quantitative estimate of drug-likeness (QED) is 0.676. The fourth-order valence-electron chi connectivity index (χ4n) is 1.98. The topological polar surface area (TPSA) is 87.0 Å². The molecule has 0 saturated carbocycles. The van der Waals surface area contributed by atoms with Gasteiger partial charge < -0.3 is 5.73 Å². The zero-order valence-corrected chi connectivity index (χ0v) is 10.9. The van der Waals surface area contributed by atoms with E-state index in [2.05, 4.69) is 12.0 Å². The highest BCUT2D eigenvalue weighted by molar-refractivity contribution is 5.52. The Morgan fingerprint density at radius 3 is 2.53 bits per heavy atom. The number of benzene rings is 1. The van der Waals surface area contributed by atoms with Crippen molar-refractivity contribution < 1.29 is 4.92 Å². The lowest BCUT2D eigenvalue weighted by Gasteiger charge is -2.14. The fraction of sp³-hybridized carbons (Fsp3) is 0.308. The molecule has 0 aliphatic heterocycles. The molecule has 100 valence electrons. The summed E-state index contributed by atoms with van der Waals surface area (Å²) < 4.78 is 1.47. The number of nitrogens with zero attached hydrogens (tertiary/aromatic N) is 3. The Kier molecular flexibility index (Phi) is 3.50. The molecule has 1 unspecified atom stereocenters. The lowest BCUT2D eigenvalue weighted by Crippen LogP contribution is -2.12. The van der Waals surface area contributed by atoms with Gasteiger partial charge in [0.2, 0.25) is 5.82 Å². The minimum atomic E-state index is -0.522. The van der Waals surface area contributed by atoms with E-state index in [0.717, 1.165) is 12.0 Å². The van der Waals surface area contributed by atoms with Crippen LogP contribution in [0.25, 0.3) is 0 Å². The molecule has 1 aromatic heterocycles. The molecule has 6 nitrogen and oxygen atoms in total. The summed E-state index contributed by atoms with van der Waals surface area (Å²) in [4.78, 5) is 10.2. The maximum atomic E-state index is 10.7. The number of aromatic nitrogens is 2. The zero-order chi connectivity index (χ0) is 14.0. The molecule has 0 saturated heterocycles. The molecule has 0 fully saturated rings. The molecule has 2 N–H and O–H groups in total. The third kappa shape index (κ3) is 2.42. The summed E-state index contributed by atoms with van der Waals surface area (Å²) in [6.45, 7) is 4.00. The summed E-state index contributed by atoms with van der Waals surface area (Å²) in [5.74, 6) is 0.0806. The molecular formula is C13H16N4O2. The Hall–Kier alpha value is -2.37. The van der Waals surface area contributed by atoms with E-state index in [-0.39, 0.29) is 17.5 Å². The van der Waals surface area contributed by atoms with Gasteiger partial charge in [-0.25, -0.2) is 4.68 Å². The van der Waals surface area contributed by atoms with Gasteiger partial charge in [0.25, 0.3) is 0 Å². The lowest BCUT2D eigenvalue weighted by atomic mass is 10.1. The smallest absolute Gasteiger partial charge is 0.330 e. The van der Waals surface area contributed by atoms with Crippen LogP contribution in [-0.2, 0) is 6.42 Å². The lowest BCUT2D eigenvalue weighted by molar-refractivity contribution is -0.384. The van der Waals surface area contributed by atoms with Gasteiger partial charge in [-0.1, -0.05) is 31.2 Å². The van der Waals surface area contributed by atoms with Crippen LogP contribution >= 0.6 is 0 Å². The van der Waals surface area contributed by atoms with Crippen LogP contribution in [0.1, 0.15) is 31.0 Å². The second-order valence-corrected chi connectivity index (χ2v) is 4.39. The van der Waals surface area contributed by atoms with E-state index in [1.165, 1.54) is 16.4 Å². The Morgan fingerprint density at radius 2 is 2.05 bits per heavy atom. The number of hydrogen-bond acceptors (Lipinski definition) is 4. The van der Waals surface area contributed by atoms with Crippen molar-refractivity contribution in [2.75, 3.05) is 5.73 Å². The van der Waals surface area contributed by atoms with E-state index in [9.17, 15) is 10.1 Å². The molecule has 1 heterocycles. The predicted molar refractivity (Wildman–Crippen MR) is 72.9 cm³/mol. The summed E-state index contributed by atoms with van der Waals surface area (Å²) in [7, 11) is 0. The number of rotatable bonds is 4. The zero-order valence-electron chi connectivity index (χ0n) is 10.9. The first-order chi connectivity index (χ1) is 9.04. The van der Waals surface area contributed by atoms with E-state index in [4.69, 9.17) is 5.73 Å². The number of nitro groups is 1. The largest absolute Gasteiger partial charge is 0.378 e. The van der Waals surface area contributed by atoms with Crippen LogP contribution in [0.2, 0.25) is 0 Å². The van der Waals surface area contributed by atoms with Crippen LogP contribution < -0.4 is 5.73 Å². The standard InChI is InChI=1S/C13H16N4O2/c1-3-10-4-6-11(7-5-10)9(2)16-13(14)12(8-15-16)17(18)19/h4-9H,3,14H2,1-2H3. The van der Waals surface area contributed by atoms with Crippen molar-refractivity contribution in [3.8, 4) is 0 Å². The van der Waals surface area contributed by atoms with Gasteiger partial charge in [-0.2, -0.15) is 5.10 Å². The molecule has 6 heteroatoms. The molecular weight excluding hydrogens is 244 g/mol. The Bertz CT molecular complexity index is 589. The normalized spacial score (nSPS) is 12.3. The second kappa shape index (κ2) is 5.09. The third-order valence-electron chi connectivity index (χ3n) is 3.25. The molecule has 2 rings (SSSR count). The molecule has 2 aromatic rings. The first-order valence-corrected chi connectivity index (χ1v) is 6.10. The number of anilines is 1. The molecule has 1 aromatic carbocycles. The second-order valence-electron chi connectivity index (χ2n) is 4.39. The Balaban J connectivity index is 2.32. The third-order valence-corrected chi connectivity index (χ3v) is 3.25. The van der Waals surface area contributed by atoms with Gasteiger partial charge in [0.15, 0.2) is 0 Å². The van der Waals surface area contributed by atoms with Crippen molar-refractivity contribution in [2.24, 2.45) is 0 Å². The minimum Gasteiger partial charge on any atom is -0.378 e. The number of nitrogen functional groups attached to an aromatic ring is 1. The van der Waals surface area contributed by atoms with Crippen LogP contribution in [0.4, 0.5) is 11.5 Å². The molecule has 0 aliphatic carbocycles. The fourth-order valence-corrected chi connectivity index (χ4v) is 1.98. The Morgan fingerprint density at radius 1 is 1.42 bits per heavy atom. The van der Waals surface area contributed by atoms with Crippen LogP contribution in [-0.4, -0.2) is 14.7 Å². The SMILES string of the molecule is CCc1ccc(C(C)n2ncc([N+](=O)[O-])c2N)cc1. The van der Waals surface area contributed by atoms with Crippen LogP contribution in [0, 0.1) is 10.1 Å². The van der Waals surface area contributed by atoms with E-state index in [0.29, 0.717) is 0 Å². The maximum Gasteiger partial charge on any atom is 0.330 e. The molecule has 0 bridgehead atoms. The first-order valence-electron chi connectivity index (χ1n) is 6.10. The van der Waals surface area contributed by atoms with Gasteiger partial charge in [-0.3, -0.25) is 10.1 Å². The van der Waals surface area contributed by atoms with Crippen molar-refractivity contribution in [3.05, 3.63) is 51.7 Å².